The molecule has 0 aliphatic rings. The molecular weight excluding hydrogens is 269 g/mol. The summed E-state index contributed by atoms with van der Waals surface area (Å²) < 4.78 is 13.5. The van der Waals surface area contributed by atoms with Gasteiger partial charge in [0, 0.05) is 12.2 Å². The monoisotopic (exact) mass is 279 g/mol. The molecule has 16 heavy (non-hydrogen) atoms. The average Bonchev–Trinajstić information content (AvgIpc) is 2.32. The van der Waals surface area contributed by atoms with Crippen molar-refractivity contribution in [3.63, 3.8) is 0 Å². The van der Waals surface area contributed by atoms with Gasteiger partial charge in [-0.15, -0.1) is 0 Å². The molecule has 2 aromatic rings. The first-order chi connectivity index (χ1) is 7.75. The molecule has 1 nitrogen and oxygen atoms in total. The van der Waals surface area contributed by atoms with E-state index >= 15 is 0 Å². The molecule has 0 radical (unpaired) electrons. The van der Waals surface area contributed by atoms with Gasteiger partial charge in [-0.25, -0.2) is 4.39 Å². The maximum absolute atomic E-state index is 13.0. The van der Waals surface area contributed by atoms with Crippen molar-refractivity contribution >= 4 is 21.6 Å². The number of benzene rings is 2. The minimum absolute atomic E-state index is 0.245. The zero-order valence-corrected chi connectivity index (χ0v) is 10.2. The molecule has 0 amide bonds. The van der Waals surface area contributed by atoms with Crippen LogP contribution < -0.4 is 5.32 Å². The van der Waals surface area contributed by atoms with E-state index < -0.39 is 0 Å². The average molecular weight is 280 g/mol. The summed E-state index contributed by atoms with van der Waals surface area (Å²) in [5.41, 5.74) is 2.10. The molecule has 0 aliphatic heterocycles. The van der Waals surface area contributed by atoms with E-state index in [1.807, 2.05) is 30.3 Å². The molecule has 2 aromatic carbocycles. The fourth-order valence-corrected chi connectivity index (χ4v) is 1.78. The highest BCUT2D eigenvalue weighted by Gasteiger charge is 1.99. The van der Waals surface area contributed by atoms with Gasteiger partial charge >= 0.3 is 0 Å². The van der Waals surface area contributed by atoms with E-state index in [2.05, 4.69) is 21.2 Å². The molecule has 0 atom stereocenters. The first kappa shape index (κ1) is 11.1. The SMILES string of the molecule is Fc1ccc(NCc2ccccc2)cc1Br. The number of hydrogen-bond acceptors (Lipinski definition) is 1. The van der Waals surface area contributed by atoms with Crippen LogP contribution in [-0.4, -0.2) is 0 Å². The maximum atomic E-state index is 13.0. The largest absolute Gasteiger partial charge is 0.381 e. The lowest BCUT2D eigenvalue weighted by Crippen LogP contribution is -1.99. The molecule has 0 heterocycles. The molecular formula is C13H11BrFN. The smallest absolute Gasteiger partial charge is 0.137 e. The molecule has 0 saturated carbocycles. The van der Waals surface area contributed by atoms with Gasteiger partial charge in [-0.05, 0) is 39.7 Å². The van der Waals surface area contributed by atoms with E-state index in [4.69, 9.17) is 0 Å². The highest BCUT2D eigenvalue weighted by atomic mass is 79.9. The second kappa shape index (κ2) is 5.12. The van der Waals surface area contributed by atoms with Gasteiger partial charge in [0.2, 0.25) is 0 Å². The molecule has 0 saturated heterocycles. The first-order valence-corrected chi connectivity index (χ1v) is 5.78. The van der Waals surface area contributed by atoms with E-state index in [1.54, 1.807) is 12.1 Å². The molecule has 0 fully saturated rings. The number of nitrogens with one attached hydrogen (secondary N) is 1. The Balaban J connectivity index is 2.03. The van der Waals surface area contributed by atoms with Crippen molar-refractivity contribution in [2.75, 3.05) is 5.32 Å². The van der Waals surface area contributed by atoms with E-state index in [0.717, 1.165) is 12.2 Å². The third-order valence-corrected chi connectivity index (χ3v) is 2.87. The van der Waals surface area contributed by atoms with Crippen LogP contribution in [0.2, 0.25) is 0 Å². The lowest BCUT2D eigenvalue weighted by atomic mass is 10.2. The van der Waals surface area contributed by atoms with Gasteiger partial charge in [-0.1, -0.05) is 30.3 Å². The summed E-state index contributed by atoms with van der Waals surface area (Å²) in [4.78, 5) is 0. The van der Waals surface area contributed by atoms with Crippen LogP contribution in [0.4, 0.5) is 10.1 Å². The van der Waals surface area contributed by atoms with Crippen LogP contribution >= 0.6 is 15.9 Å². The molecule has 0 aromatic heterocycles. The molecule has 0 aliphatic carbocycles. The second-order valence-electron chi connectivity index (χ2n) is 3.47. The summed E-state index contributed by atoms with van der Waals surface area (Å²) in [5.74, 6) is -0.245. The van der Waals surface area contributed by atoms with E-state index in [-0.39, 0.29) is 5.82 Å². The van der Waals surface area contributed by atoms with Crippen LogP contribution in [0.5, 0.6) is 0 Å². The summed E-state index contributed by atoms with van der Waals surface area (Å²) in [5, 5.41) is 3.23. The van der Waals surface area contributed by atoms with Crippen molar-refractivity contribution in [2.24, 2.45) is 0 Å². The lowest BCUT2D eigenvalue weighted by molar-refractivity contribution is 0.621. The molecule has 82 valence electrons. The topological polar surface area (TPSA) is 12.0 Å². The van der Waals surface area contributed by atoms with Crippen LogP contribution in [-0.2, 0) is 6.54 Å². The van der Waals surface area contributed by atoms with Crippen molar-refractivity contribution < 1.29 is 4.39 Å². The van der Waals surface area contributed by atoms with Crippen LogP contribution in [0.1, 0.15) is 5.56 Å². The summed E-state index contributed by atoms with van der Waals surface area (Å²) in [7, 11) is 0. The molecule has 3 heteroatoms. The zero-order chi connectivity index (χ0) is 11.4. The van der Waals surface area contributed by atoms with Crippen LogP contribution in [0.3, 0.4) is 0 Å². The van der Waals surface area contributed by atoms with Gasteiger partial charge in [0.15, 0.2) is 0 Å². The Kier molecular flexibility index (Phi) is 3.57. The summed E-state index contributed by atoms with van der Waals surface area (Å²) >= 11 is 3.16. The normalized spacial score (nSPS) is 10.1. The van der Waals surface area contributed by atoms with Gasteiger partial charge in [-0.3, -0.25) is 0 Å². The Morgan fingerprint density at radius 1 is 1.06 bits per heavy atom. The fourth-order valence-electron chi connectivity index (χ4n) is 1.41. The van der Waals surface area contributed by atoms with Gasteiger partial charge in [0.25, 0.3) is 0 Å². The van der Waals surface area contributed by atoms with Crippen molar-refractivity contribution in [1.29, 1.82) is 0 Å². The van der Waals surface area contributed by atoms with Gasteiger partial charge in [-0.2, -0.15) is 0 Å². The van der Waals surface area contributed by atoms with Gasteiger partial charge < -0.3 is 5.32 Å². The molecule has 0 bridgehead atoms. The lowest BCUT2D eigenvalue weighted by Gasteiger charge is -2.07. The number of halogens is 2. The fraction of sp³-hybridized carbons (Fsp3) is 0.0769. The van der Waals surface area contributed by atoms with Crippen LogP contribution in [0.25, 0.3) is 0 Å². The minimum Gasteiger partial charge on any atom is -0.381 e. The Morgan fingerprint density at radius 2 is 1.81 bits per heavy atom. The Morgan fingerprint density at radius 3 is 2.50 bits per heavy atom. The van der Waals surface area contributed by atoms with E-state index in [0.29, 0.717) is 4.47 Å². The molecule has 0 unspecified atom stereocenters. The first-order valence-electron chi connectivity index (χ1n) is 4.98. The summed E-state index contributed by atoms with van der Waals surface area (Å²) in [6.45, 7) is 0.735. The highest BCUT2D eigenvalue weighted by molar-refractivity contribution is 9.10. The minimum atomic E-state index is -0.245. The third-order valence-electron chi connectivity index (χ3n) is 2.26. The summed E-state index contributed by atoms with van der Waals surface area (Å²) in [6, 6.07) is 15.0. The maximum Gasteiger partial charge on any atom is 0.137 e. The number of anilines is 1. The predicted octanol–water partition coefficient (Wildman–Crippen LogP) is 4.20. The zero-order valence-electron chi connectivity index (χ0n) is 8.58. The molecule has 1 N–H and O–H groups in total. The molecule has 0 spiro atoms. The van der Waals surface area contributed by atoms with Crippen molar-refractivity contribution in [3.8, 4) is 0 Å². The van der Waals surface area contributed by atoms with Crippen molar-refractivity contribution in [2.45, 2.75) is 6.54 Å². The summed E-state index contributed by atoms with van der Waals surface area (Å²) in [6.07, 6.45) is 0. The van der Waals surface area contributed by atoms with Crippen molar-refractivity contribution in [3.05, 3.63) is 64.4 Å². The van der Waals surface area contributed by atoms with E-state index in [9.17, 15) is 4.39 Å². The Hall–Kier alpha value is -1.35. The van der Waals surface area contributed by atoms with Gasteiger partial charge in [0.1, 0.15) is 5.82 Å². The van der Waals surface area contributed by atoms with Gasteiger partial charge in [0.05, 0.1) is 4.47 Å². The quantitative estimate of drug-likeness (QED) is 0.888. The second-order valence-corrected chi connectivity index (χ2v) is 4.32. The standard InChI is InChI=1S/C13H11BrFN/c14-12-8-11(6-7-13(12)15)16-9-10-4-2-1-3-5-10/h1-8,16H,9H2. The number of hydrogen-bond donors (Lipinski definition) is 1. The van der Waals surface area contributed by atoms with Crippen LogP contribution in [0.15, 0.2) is 53.0 Å². The Labute approximate surface area is 102 Å². The van der Waals surface area contributed by atoms with Crippen molar-refractivity contribution in [1.82, 2.24) is 0 Å². The third kappa shape index (κ3) is 2.83. The molecule has 2 rings (SSSR count). The van der Waals surface area contributed by atoms with E-state index in [1.165, 1.54) is 11.6 Å². The number of rotatable bonds is 3. The highest BCUT2D eigenvalue weighted by Crippen LogP contribution is 2.20. The Bertz CT molecular complexity index is 471. The predicted molar refractivity (Wildman–Crippen MR) is 67.9 cm³/mol. The van der Waals surface area contributed by atoms with Crippen LogP contribution in [0, 0.1) is 5.82 Å².